The van der Waals surface area contributed by atoms with Crippen LogP contribution in [0.4, 0.5) is 0 Å². The van der Waals surface area contributed by atoms with Crippen molar-refractivity contribution in [1.82, 2.24) is 4.73 Å². The molecule has 1 aromatic heterocycles. The fraction of sp³-hybridized carbons (Fsp3) is 0.105. The van der Waals surface area contributed by atoms with Crippen molar-refractivity contribution in [3.63, 3.8) is 0 Å². The monoisotopic (exact) mass is 323 g/mol. The van der Waals surface area contributed by atoms with E-state index < -0.39 is 5.97 Å². The number of aromatic hydroxyl groups is 2. The summed E-state index contributed by atoms with van der Waals surface area (Å²) in [4.78, 5) is 17.0. The smallest absolute Gasteiger partial charge is 0.363 e. The van der Waals surface area contributed by atoms with E-state index in [0.29, 0.717) is 10.3 Å². The van der Waals surface area contributed by atoms with Crippen LogP contribution < -0.4 is 4.84 Å². The lowest BCUT2D eigenvalue weighted by Crippen LogP contribution is -2.19. The second-order valence-electron chi connectivity index (χ2n) is 5.59. The van der Waals surface area contributed by atoms with Crippen molar-refractivity contribution in [2.45, 2.75) is 13.3 Å². The van der Waals surface area contributed by atoms with Gasteiger partial charge in [0, 0.05) is 12.1 Å². The lowest BCUT2D eigenvalue weighted by molar-refractivity contribution is 0.0381. The Kier molecular flexibility index (Phi) is 4.24. The zero-order valence-electron chi connectivity index (χ0n) is 13.1. The molecule has 5 heteroatoms. The van der Waals surface area contributed by atoms with Crippen molar-refractivity contribution in [3.8, 4) is 11.8 Å². The Bertz CT molecular complexity index is 846. The minimum absolute atomic E-state index is 0.329. The van der Waals surface area contributed by atoms with Crippen molar-refractivity contribution in [1.29, 1.82) is 0 Å². The Morgan fingerprint density at radius 3 is 2.25 bits per heavy atom. The molecule has 0 saturated heterocycles. The third-order valence-corrected chi connectivity index (χ3v) is 3.65. The molecule has 0 saturated carbocycles. The summed E-state index contributed by atoms with van der Waals surface area (Å²) >= 11 is 0. The molecule has 3 aromatic rings. The maximum Gasteiger partial charge on any atom is 0.363 e. The Hall–Kier alpha value is -3.21. The third kappa shape index (κ3) is 3.41. The topological polar surface area (TPSA) is 71.7 Å². The standard InChI is InChI=1S/C19H17NO4/c1-13-3-2-4-15(11-13)12-14-5-7-16(8-6-14)19(23)24-20-17(21)9-10-18(20)22/h2-11,21-22H,12H2,1H3. The number of hydrogen-bond acceptors (Lipinski definition) is 4. The molecule has 0 bridgehead atoms. The highest BCUT2D eigenvalue weighted by Gasteiger charge is 2.14. The summed E-state index contributed by atoms with van der Waals surface area (Å²) in [6.45, 7) is 2.05. The molecule has 0 unspecified atom stereocenters. The van der Waals surface area contributed by atoms with Gasteiger partial charge in [-0.25, -0.2) is 4.79 Å². The van der Waals surface area contributed by atoms with Crippen LogP contribution in [0.1, 0.15) is 27.0 Å². The molecule has 24 heavy (non-hydrogen) atoms. The lowest BCUT2D eigenvalue weighted by atomic mass is 10.0. The van der Waals surface area contributed by atoms with Gasteiger partial charge in [0.2, 0.25) is 11.8 Å². The Labute approximate surface area is 139 Å². The highest BCUT2D eigenvalue weighted by atomic mass is 16.7. The molecule has 3 rings (SSSR count). The Morgan fingerprint density at radius 2 is 1.62 bits per heavy atom. The summed E-state index contributed by atoms with van der Waals surface area (Å²) in [7, 11) is 0. The minimum Gasteiger partial charge on any atom is -0.492 e. The molecule has 0 aliphatic carbocycles. The van der Waals surface area contributed by atoms with Gasteiger partial charge in [0.1, 0.15) is 0 Å². The predicted molar refractivity (Wildman–Crippen MR) is 89.1 cm³/mol. The summed E-state index contributed by atoms with van der Waals surface area (Å²) in [6, 6.07) is 17.7. The Balaban J connectivity index is 1.71. The summed E-state index contributed by atoms with van der Waals surface area (Å²) in [5.74, 6) is -1.37. The van der Waals surface area contributed by atoms with Crippen molar-refractivity contribution < 1.29 is 19.8 Å². The second kappa shape index (κ2) is 6.50. The molecule has 122 valence electrons. The van der Waals surface area contributed by atoms with Crippen molar-refractivity contribution >= 4 is 5.97 Å². The average Bonchev–Trinajstić information content (AvgIpc) is 2.87. The van der Waals surface area contributed by atoms with Crippen LogP contribution in [0.15, 0.2) is 60.7 Å². The van der Waals surface area contributed by atoms with Crippen LogP contribution in [0.5, 0.6) is 11.8 Å². The SMILES string of the molecule is Cc1cccc(Cc2ccc(C(=O)On3c(O)ccc3O)cc2)c1. The van der Waals surface area contributed by atoms with Gasteiger partial charge in [-0.05, 0) is 36.6 Å². The third-order valence-electron chi connectivity index (χ3n) is 3.65. The fourth-order valence-corrected chi connectivity index (χ4v) is 2.45. The van der Waals surface area contributed by atoms with Gasteiger partial charge in [-0.3, -0.25) is 0 Å². The van der Waals surface area contributed by atoms with Gasteiger partial charge in [0.25, 0.3) is 0 Å². The van der Waals surface area contributed by atoms with Crippen LogP contribution in [-0.4, -0.2) is 20.9 Å². The van der Waals surface area contributed by atoms with E-state index in [1.807, 2.05) is 18.2 Å². The number of aromatic nitrogens is 1. The summed E-state index contributed by atoms with van der Waals surface area (Å²) in [5, 5.41) is 19.0. The molecule has 5 nitrogen and oxygen atoms in total. The zero-order valence-corrected chi connectivity index (χ0v) is 13.1. The van der Waals surface area contributed by atoms with E-state index in [9.17, 15) is 15.0 Å². The number of benzene rings is 2. The van der Waals surface area contributed by atoms with Gasteiger partial charge in [0.05, 0.1) is 5.56 Å². The number of carbonyl (C=O) groups excluding carboxylic acids is 1. The van der Waals surface area contributed by atoms with Crippen molar-refractivity contribution in [2.75, 3.05) is 0 Å². The van der Waals surface area contributed by atoms with Crippen LogP contribution in [0.2, 0.25) is 0 Å². The first kappa shape index (κ1) is 15.7. The first-order chi connectivity index (χ1) is 11.5. The molecular formula is C19H17NO4. The lowest BCUT2D eigenvalue weighted by Gasteiger charge is -2.08. The predicted octanol–water partition coefficient (Wildman–Crippen LogP) is 3.07. The molecule has 2 aromatic carbocycles. The van der Waals surface area contributed by atoms with Gasteiger partial charge in [0.15, 0.2) is 0 Å². The number of aryl methyl sites for hydroxylation is 1. The van der Waals surface area contributed by atoms with E-state index in [1.54, 1.807) is 12.1 Å². The fourth-order valence-electron chi connectivity index (χ4n) is 2.45. The highest BCUT2D eigenvalue weighted by molar-refractivity contribution is 5.89. The molecule has 0 spiro atoms. The zero-order chi connectivity index (χ0) is 17.1. The molecule has 0 fully saturated rings. The first-order valence-electron chi connectivity index (χ1n) is 7.50. The quantitative estimate of drug-likeness (QED) is 0.774. The molecule has 0 atom stereocenters. The van der Waals surface area contributed by atoms with E-state index in [2.05, 4.69) is 25.1 Å². The highest BCUT2D eigenvalue weighted by Crippen LogP contribution is 2.19. The molecule has 0 radical (unpaired) electrons. The van der Waals surface area contributed by atoms with Gasteiger partial charge in [-0.1, -0.05) is 42.0 Å². The number of carbonyl (C=O) groups is 1. The normalized spacial score (nSPS) is 10.5. The largest absolute Gasteiger partial charge is 0.492 e. The summed E-state index contributed by atoms with van der Waals surface area (Å²) < 4.78 is 0.670. The minimum atomic E-state index is -0.668. The van der Waals surface area contributed by atoms with Gasteiger partial charge < -0.3 is 15.1 Å². The number of nitrogens with zero attached hydrogens (tertiary/aromatic N) is 1. The maximum absolute atomic E-state index is 12.1. The Morgan fingerprint density at radius 1 is 0.958 bits per heavy atom. The van der Waals surface area contributed by atoms with Crippen LogP contribution in [0.25, 0.3) is 0 Å². The first-order valence-corrected chi connectivity index (χ1v) is 7.50. The molecule has 0 aliphatic heterocycles. The van der Waals surface area contributed by atoms with Crippen LogP contribution in [0, 0.1) is 6.92 Å². The van der Waals surface area contributed by atoms with Crippen LogP contribution in [0.3, 0.4) is 0 Å². The van der Waals surface area contributed by atoms with E-state index >= 15 is 0 Å². The van der Waals surface area contributed by atoms with Gasteiger partial charge >= 0.3 is 5.97 Å². The van der Waals surface area contributed by atoms with E-state index in [1.165, 1.54) is 23.3 Å². The molecule has 0 amide bonds. The van der Waals surface area contributed by atoms with Crippen molar-refractivity contribution in [2.24, 2.45) is 0 Å². The maximum atomic E-state index is 12.1. The summed E-state index contributed by atoms with van der Waals surface area (Å²) in [5.41, 5.74) is 3.81. The average molecular weight is 323 g/mol. The van der Waals surface area contributed by atoms with E-state index in [0.717, 1.165) is 12.0 Å². The molecule has 0 aliphatic rings. The van der Waals surface area contributed by atoms with E-state index in [-0.39, 0.29) is 11.8 Å². The number of rotatable bonds is 4. The van der Waals surface area contributed by atoms with Crippen molar-refractivity contribution in [3.05, 3.63) is 82.9 Å². The van der Waals surface area contributed by atoms with Gasteiger partial charge in [-0.2, -0.15) is 0 Å². The van der Waals surface area contributed by atoms with E-state index in [4.69, 9.17) is 4.84 Å². The molecular weight excluding hydrogens is 306 g/mol. The number of hydrogen-bond donors (Lipinski definition) is 2. The van der Waals surface area contributed by atoms with Crippen LogP contribution in [-0.2, 0) is 6.42 Å². The van der Waals surface area contributed by atoms with Crippen LogP contribution >= 0.6 is 0 Å². The molecule has 1 heterocycles. The van der Waals surface area contributed by atoms with Gasteiger partial charge in [-0.15, -0.1) is 4.73 Å². The second-order valence-corrected chi connectivity index (χ2v) is 5.59. The summed E-state index contributed by atoms with van der Waals surface area (Å²) in [6.07, 6.45) is 0.774. The molecule has 2 N–H and O–H groups in total.